The average molecular weight is 473 g/mol. The molecule has 33 heavy (non-hydrogen) atoms. The number of nitrogens with zero attached hydrogens (tertiary/aromatic N) is 4. The molecule has 3 aliphatic heterocycles. The molecular formula is C25H34ClFN6. The Kier molecular flexibility index (Phi) is 7.28. The van der Waals surface area contributed by atoms with Crippen LogP contribution < -0.4 is 15.5 Å². The molecule has 5 rings (SSSR count). The fourth-order valence-electron chi connectivity index (χ4n) is 5.25. The van der Waals surface area contributed by atoms with Crippen molar-refractivity contribution in [1.29, 1.82) is 0 Å². The summed E-state index contributed by atoms with van der Waals surface area (Å²) in [6, 6.07) is 4.53. The van der Waals surface area contributed by atoms with E-state index in [2.05, 4.69) is 20.4 Å². The molecule has 0 spiro atoms. The first-order chi connectivity index (χ1) is 16.2. The molecule has 1 aromatic heterocycles. The van der Waals surface area contributed by atoms with E-state index in [1.165, 1.54) is 63.9 Å². The van der Waals surface area contributed by atoms with Crippen molar-refractivity contribution in [2.24, 2.45) is 5.92 Å². The minimum absolute atomic E-state index is 0.321. The van der Waals surface area contributed by atoms with E-state index >= 15 is 0 Å². The number of aromatic nitrogens is 2. The van der Waals surface area contributed by atoms with Gasteiger partial charge in [-0.15, -0.1) is 0 Å². The van der Waals surface area contributed by atoms with Crippen LogP contribution in [0.3, 0.4) is 0 Å². The molecule has 0 unspecified atom stereocenters. The predicted octanol–water partition coefficient (Wildman–Crippen LogP) is 4.23. The average Bonchev–Trinajstić information content (AvgIpc) is 3.36. The number of halogens is 2. The summed E-state index contributed by atoms with van der Waals surface area (Å²) in [6.45, 7) is 8.06. The molecule has 2 fully saturated rings. The monoisotopic (exact) mass is 472 g/mol. The molecule has 1 aromatic carbocycles. The normalized spacial score (nSPS) is 19.6. The third kappa shape index (κ3) is 5.58. The van der Waals surface area contributed by atoms with Gasteiger partial charge < -0.3 is 20.4 Å². The quantitative estimate of drug-likeness (QED) is 0.629. The van der Waals surface area contributed by atoms with Crippen molar-refractivity contribution in [1.82, 2.24) is 20.2 Å². The second-order valence-corrected chi connectivity index (χ2v) is 9.99. The maximum Gasteiger partial charge on any atom is 0.227 e. The molecule has 0 amide bonds. The Hall–Kier alpha value is -1.96. The smallest absolute Gasteiger partial charge is 0.227 e. The second-order valence-electron chi connectivity index (χ2n) is 9.58. The standard InChI is InChI=1S/C25H34ClFN6/c26-22-15-20(27)4-3-19(22)16-29-24-21-17-28-9-5-23(21)30-25(31-24)33-13-7-18(8-14-33)6-12-32-10-1-2-11-32/h3-4,15,18,28H,1-2,5-14,16-17H2,(H,29,30,31). The van der Waals surface area contributed by atoms with Crippen LogP contribution in [0, 0.1) is 11.7 Å². The number of hydrogen-bond acceptors (Lipinski definition) is 6. The van der Waals surface area contributed by atoms with Crippen LogP contribution in [0.15, 0.2) is 18.2 Å². The highest BCUT2D eigenvalue weighted by Crippen LogP contribution is 2.28. The van der Waals surface area contributed by atoms with Gasteiger partial charge in [0, 0.05) is 49.7 Å². The zero-order valence-corrected chi connectivity index (χ0v) is 20.0. The van der Waals surface area contributed by atoms with Gasteiger partial charge in [-0.25, -0.2) is 9.37 Å². The van der Waals surface area contributed by atoms with Gasteiger partial charge in [0.2, 0.25) is 5.95 Å². The van der Waals surface area contributed by atoms with Crippen molar-refractivity contribution < 1.29 is 4.39 Å². The Balaban J connectivity index is 1.25. The number of likely N-dealkylation sites (tertiary alicyclic amines) is 1. The number of nitrogens with one attached hydrogen (secondary N) is 2. The third-order valence-corrected chi connectivity index (χ3v) is 7.68. The lowest BCUT2D eigenvalue weighted by Crippen LogP contribution is -2.37. The minimum Gasteiger partial charge on any atom is -0.365 e. The second kappa shape index (κ2) is 10.5. The molecule has 0 atom stereocenters. The highest BCUT2D eigenvalue weighted by atomic mass is 35.5. The van der Waals surface area contributed by atoms with Crippen LogP contribution >= 0.6 is 11.6 Å². The molecule has 0 aliphatic carbocycles. The molecule has 2 N–H and O–H groups in total. The molecule has 8 heteroatoms. The molecular weight excluding hydrogens is 439 g/mol. The van der Waals surface area contributed by atoms with Crippen molar-refractivity contribution >= 4 is 23.4 Å². The van der Waals surface area contributed by atoms with Crippen LogP contribution in [0.4, 0.5) is 16.2 Å². The number of anilines is 2. The van der Waals surface area contributed by atoms with E-state index in [0.29, 0.717) is 11.6 Å². The number of piperidine rings is 1. The van der Waals surface area contributed by atoms with E-state index in [4.69, 9.17) is 21.6 Å². The predicted molar refractivity (Wildman–Crippen MR) is 131 cm³/mol. The van der Waals surface area contributed by atoms with Gasteiger partial charge in [-0.1, -0.05) is 17.7 Å². The summed E-state index contributed by atoms with van der Waals surface area (Å²) in [5, 5.41) is 7.32. The van der Waals surface area contributed by atoms with Gasteiger partial charge >= 0.3 is 0 Å². The Morgan fingerprint density at radius 3 is 2.73 bits per heavy atom. The van der Waals surface area contributed by atoms with Crippen LogP contribution in [0.25, 0.3) is 0 Å². The van der Waals surface area contributed by atoms with Crippen molar-refractivity contribution in [3.05, 3.63) is 45.9 Å². The zero-order valence-electron chi connectivity index (χ0n) is 19.3. The molecule has 0 bridgehead atoms. The van der Waals surface area contributed by atoms with Gasteiger partial charge in [0.1, 0.15) is 11.6 Å². The summed E-state index contributed by atoms with van der Waals surface area (Å²) >= 11 is 6.24. The van der Waals surface area contributed by atoms with Gasteiger partial charge in [-0.3, -0.25) is 0 Å². The van der Waals surface area contributed by atoms with Gasteiger partial charge in [-0.2, -0.15) is 4.98 Å². The Bertz CT molecular complexity index is 956. The van der Waals surface area contributed by atoms with E-state index in [0.717, 1.165) is 67.1 Å². The summed E-state index contributed by atoms with van der Waals surface area (Å²) in [7, 11) is 0. The summed E-state index contributed by atoms with van der Waals surface area (Å²) in [4.78, 5) is 14.9. The molecule has 2 saturated heterocycles. The van der Waals surface area contributed by atoms with Crippen LogP contribution in [-0.2, 0) is 19.5 Å². The fraction of sp³-hybridized carbons (Fsp3) is 0.600. The fourth-order valence-corrected chi connectivity index (χ4v) is 5.49. The summed E-state index contributed by atoms with van der Waals surface area (Å²) in [6.07, 6.45) is 7.38. The maximum atomic E-state index is 13.4. The van der Waals surface area contributed by atoms with Crippen molar-refractivity contribution in [2.75, 3.05) is 49.5 Å². The lowest BCUT2D eigenvalue weighted by atomic mass is 9.93. The number of hydrogen-bond donors (Lipinski definition) is 2. The van der Waals surface area contributed by atoms with Crippen LogP contribution in [0.2, 0.25) is 5.02 Å². The molecule has 178 valence electrons. The zero-order chi connectivity index (χ0) is 22.6. The highest BCUT2D eigenvalue weighted by molar-refractivity contribution is 6.31. The largest absolute Gasteiger partial charge is 0.365 e. The van der Waals surface area contributed by atoms with E-state index in [9.17, 15) is 4.39 Å². The van der Waals surface area contributed by atoms with E-state index in [1.54, 1.807) is 6.07 Å². The first-order valence-corrected chi connectivity index (χ1v) is 12.8. The van der Waals surface area contributed by atoms with Gasteiger partial charge in [0.25, 0.3) is 0 Å². The molecule has 0 radical (unpaired) electrons. The van der Waals surface area contributed by atoms with E-state index in [1.807, 2.05) is 0 Å². The lowest BCUT2D eigenvalue weighted by molar-refractivity contribution is 0.279. The Labute approximate surface area is 200 Å². The SMILES string of the molecule is Fc1ccc(CNc2nc(N3CCC(CCN4CCCC4)CC3)nc3c2CNCC3)c(Cl)c1. The summed E-state index contributed by atoms with van der Waals surface area (Å²) in [5.41, 5.74) is 3.11. The van der Waals surface area contributed by atoms with Gasteiger partial charge in [0.15, 0.2) is 0 Å². The Morgan fingerprint density at radius 1 is 1.12 bits per heavy atom. The van der Waals surface area contributed by atoms with Crippen molar-refractivity contribution in [2.45, 2.75) is 51.6 Å². The van der Waals surface area contributed by atoms with E-state index < -0.39 is 0 Å². The summed E-state index contributed by atoms with van der Waals surface area (Å²) < 4.78 is 13.4. The van der Waals surface area contributed by atoms with Gasteiger partial charge in [0.05, 0.1) is 5.69 Å². The van der Waals surface area contributed by atoms with Crippen molar-refractivity contribution in [3.63, 3.8) is 0 Å². The lowest BCUT2D eigenvalue weighted by Gasteiger charge is -2.33. The first kappa shape index (κ1) is 22.8. The van der Waals surface area contributed by atoms with Crippen LogP contribution in [0.1, 0.15) is 48.9 Å². The third-order valence-electron chi connectivity index (χ3n) is 7.33. The Morgan fingerprint density at radius 2 is 1.94 bits per heavy atom. The highest BCUT2D eigenvalue weighted by Gasteiger charge is 2.25. The molecule has 6 nitrogen and oxygen atoms in total. The van der Waals surface area contributed by atoms with Crippen molar-refractivity contribution in [3.8, 4) is 0 Å². The topological polar surface area (TPSA) is 56.3 Å². The van der Waals surface area contributed by atoms with E-state index in [-0.39, 0.29) is 5.82 Å². The van der Waals surface area contributed by atoms with Gasteiger partial charge in [-0.05, 0) is 75.4 Å². The molecule has 4 heterocycles. The number of rotatable bonds is 7. The molecule has 0 saturated carbocycles. The molecule has 3 aliphatic rings. The van der Waals surface area contributed by atoms with Crippen LogP contribution in [-0.4, -0.2) is 54.1 Å². The van der Waals surface area contributed by atoms with Crippen LogP contribution in [0.5, 0.6) is 0 Å². The minimum atomic E-state index is -0.321. The maximum absolute atomic E-state index is 13.4. The number of benzene rings is 1. The molecule has 2 aromatic rings. The first-order valence-electron chi connectivity index (χ1n) is 12.4. The number of fused-ring (bicyclic) bond motifs is 1. The summed E-state index contributed by atoms with van der Waals surface area (Å²) in [5.74, 6) is 2.18.